The zero-order valence-electron chi connectivity index (χ0n) is 13.9. The second-order valence-electron chi connectivity index (χ2n) is 5.99. The standard InChI is InChI=1S/C19H22N2O3/c1-21(13-15-8-10-20-11-9-15)19(22)16-4-6-17(7-5-16)24-14-18-3-2-12-23-18/h4-11,18H,2-3,12-14H2,1H3. The number of aromatic nitrogens is 1. The molecule has 1 fully saturated rings. The maximum absolute atomic E-state index is 12.5. The molecular weight excluding hydrogens is 304 g/mol. The SMILES string of the molecule is CN(Cc1ccncc1)C(=O)c1ccc(OCC2CCCO2)cc1. The average molecular weight is 326 g/mol. The van der Waals surface area contributed by atoms with E-state index in [1.807, 2.05) is 24.3 Å². The Balaban J connectivity index is 1.54. The molecule has 1 aliphatic heterocycles. The summed E-state index contributed by atoms with van der Waals surface area (Å²) in [7, 11) is 1.80. The first-order valence-corrected chi connectivity index (χ1v) is 8.21. The van der Waals surface area contributed by atoms with Crippen molar-refractivity contribution in [3.63, 3.8) is 0 Å². The number of amides is 1. The van der Waals surface area contributed by atoms with Crippen LogP contribution in [0.5, 0.6) is 5.75 Å². The molecule has 5 nitrogen and oxygen atoms in total. The molecule has 0 saturated carbocycles. The third-order valence-corrected chi connectivity index (χ3v) is 4.08. The lowest BCUT2D eigenvalue weighted by molar-refractivity contribution is 0.0679. The summed E-state index contributed by atoms with van der Waals surface area (Å²) in [6.07, 6.45) is 5.81. The summed E-state index contributed by atoms with van der Waals surface area (Å²) in [5, 5.41) is 0. The number of carbonyl (C=O) groups excluding carboxylic acids is 1. The van der Waals surface area contributed by atoms with Crippen LogP contribution in [-0.4, -0.2) is 42.2 Å². The molecule has 0 N–H and O–H groups in total. The Kier molecular flexibility index (Phi) is 5.43. The first-order chi connectivity index (χ1) is 11.7. The van der Waals surface area contributed by atoms with Crippen LogP contribution >= 0.6 is 0 Å². The summed E-state index contributed by atoms with van der Waals surface area (Å²) in [4.78, 5) is 18.2. The number of carbonyl (C=O) groups is 1. The average Bonchev–Trinajstić information content (AvgIpc) is 3.14. The van der Waals surface area contributed by atoms with E-state index < -0.39 is 0 Å². The molecule has 126 valence electrons. The van der Waals surface area contributed by atoms with Crippen LogP contribution in [0, 0.1) is 0 Å². The lowest BCUT2D eigenvalue weighted by Gasteiger charge is -2.17. The van der Waals surface area contributed by atoms with Gasteiger partial charge in [0.25, 0.3) is 5.91 Å². The summed E-state index contributed by atoms with van der Waals surface area (Å²) in [5.74, 6) is 0.747. The number of hydrogen-bond acceptors (Lipinski definition) is 4. The molecule has 1 amide bonds. The Morgan fingerprint density at radius 1 is 1.25 bits per heavy atom. The van der Waals surface area contributed by atoms with E-state index in [1.165, 1.54) is 0 Å². The molecule has 24 heavy (non-hydrogen) atoms. The number of rotatable bonds is 6. The molecule has 1 saturated heterocycles. The van der Waals surface area contributed by atoms with Crippen molar-refractivity contribution < 1.29 is 14.3 Å². The van der Waals surface area contributed by atoms with E-state index in [9.17, 15) is 4.79 Å². The van der Waals surface area contributed by atoms with E-state index in [0.29, 0.717) is 18.7 Å². The fourth-order valence-corrected chi connectivity index (χ4v) is 2.71. The van der Waals surface area contributed by atoms with E-state index in [-0.39, 0.29) is 12.0 Å². The van der Waals surface area contributed by atoms with Gasteiger partial charge >= 0.3 is 0 Å². The molecule has 3 rings (SSSR count). The second-order valence-corrected chi connectivity index (χ2v) is 5.99. The minimum atomic E-state index is -0.0162. The van der Waals surface area contributed by atoms with Gasteiger partial charge in [-0.1, -0.05) is 0 Å². The fourth-order valence-electron chi connectivity index (χ4n) is 2.71. The van der Waals surface area contributed by atoms with E-state index in [1.54, 1.807) is 36.5 Å². The smallest absolute Gasteiger partial charge is 0.253 e. The lowest BCUT2D eigenvalue weighted by Crippen LogP contribution is -2.26. The minimum absolute atomic E-state index is 0.0162. The van der Waals surface area contributed by atoms with E-state index in [4.69, 9.17) is 9.47 Å². The van der Waals surface area contributed by atoms with Crippen LogP contribution in [-0.2, 0) is 11.3 Å². The molecule has 0 bridgehead atoms. The van der Waals surface area contributed by atoms with Crippen molar-refractivity contribution in [2.75, 3.05) is 20.3 Å². The highest BCUT2D eigenvalue weighted by Crippen LogP contribution is 2.17. The monoisotopic (exact) mass is 326 g/mol. The molecule has 1 aliphatic rings. The van der Waals surface area contributed by atoms with Crippen LogP contribution < -0.4 is 4.74 Å². The van der Waals surface area contributed by atoms with Crippen LogP contribution in [0.15, 0.2) is 48.8 Å². The Bertz CT molecular complexity index is 652. The Hall–Kier alpha value is -2.40. The van der Waals surface area contributed by atoms with Gasteiger partial charge in [0.2, 0.25) is 0 Å². The molecule has 2 aromatic rings. The maximum Gasteiger partial charge on any atom is 0.253 e. The quantitative estimate of drug-likeness (QED) is 0.819. The molecule has 5 heteroatoms. The third-order valence-electron chi connectivity index (χ3n) is 4.08. The third kappa shape index (κ3) is 4.32. The van der Waals surface area contributed by atoms with E-state index in [2.05, 4.69) is 4.98 Å². The Labute approximate surface area is 142 Å². The first-order valence-electron chi connectivity index (χ1n) is 8.21. The van der Waals surface area contributed by atoms with Crippen molar-refractivity contribution in [2.45, 2.75) is 25.5 Å². The predicted octanol–water partition coefficient (Wildman–Crippen LogP) is 2.91. The van der Waals surface area contributed by atoms with Gasteiger partial charge < -0.3 is 14.4 Å². The summed E-state index contributed by atoms with van der Waals surface area (Å²) in [6, 6.07) is 11.1. The number of hydrogen-bond donors (Lipinski definition) is 0. The molecular formula is C19H22N2O3. The Morgan fingerprint density at radius 2 is 2.00 bits per heavy atom. The molecule has 1 aromatic heterocycles. The number of ether oxygens (including phenoxy) is 2. The van der Waals surface area contributed by atoms with E-state index in [0.717, 1.165) is 30.8 Å². The van der Waals surface area contributed by atoms with Crippen molar-refractivity contribution in [3.05, 3.63) is 59.9 Å². The summed E-state index contributed by atoms with van der Waals surface area (Å²) in [5.41, 5.74) is 1.70. The van der Waals surface area contributed by atoms with Crippen LogP contribution in [0.3, 0.4) is 0 Å². The van der Waals surface area contributed by atoms with Crippen LogP contribution in [0.1, 0.15) is 28.8 Å². The van der Waals surface area contributed by atoms with Crippen LogP contribution in [0.4, 0.5) is 0 Å². The zero-order chi connectivity index (χ0) is 16.8. The maximum atomic E-state index is 12.5. The Morgan fingerprint density at radius 3 is 2.67 bits per heavy atom. The van der Waals surface area contributed by atoms with Gasteiger partial charge in [0.1, 0.15) is 12.4 Å². The molecule has 0 radical (unpaired) electrons. The highest BCUT2D eigenvalue weighted by atomic mass is 16.5. The van der Waals surface area contributed by atoms with E-state index >= 15 is 0 Å². The minimum Gasteiger partial charge on any atom is -0.491 e. The highest BCUT2D eigenvalue weighted by Gasteiger charge is 2.16. The van der Waals surface area contributed by atoms with Crippen molar-refractivity contribution in [2.24, 2.45) is 0 Å². The summed E-state index contributed by atoms with van der Waals surface area (Å²) in [6.45, 7) is 1.94. The molecule has 1 aromatic carbocycles. The lowest BCUT2D eigenvalue weighted by atomic mass is 10.1. The summed E-state index contributed by atoms with van der Waals surface area (Å²) >= 11 is 0. The van der Waals surface area contributed by atoms with Gasteiger partial charge in [0.15, 0.2) is 0 Å². The fraction of sp³-hybridized carbons (Fsp3) is 0.368. The number of pyridine rings is 1. The number of benzene rings is 1. The van der Waals surface area contributed by atoms with Gasteiger partial charge in [-0.3, -0.25) is 9.78 Å². The van der Waals surface area contributed by atoms with Crippen molar-refractivity contribution in [1.29, 1.82) is 0 Å². The summed E-state index contributed by atoms with van der Waals surface area (Å²) < 4.78 is 11.3. The highest BCUT2D eigenvalue weighted by molar-refractivity contribution is 5.94. The molecule has 1 atom stereocenters. The van der Waals surface area contributed by atoms with Crippen LogP contribution in [0.25, 0.3) is 0 Å². The van der Waals surface area contributed by atoms with Gasteiger partial charge in [-0.25, -0.2) is 0 Å². The first kappa shape index (κ1) is 16.5. The van der Waals surface area contributed by atoms with Crippen molar-refractivity contribution in [1.82, 2.24) is 9.88 Å². The molecule has 0 aliphatic carbocycles. The molecule has 0 spiro atoms. The van der Waals surface area contributed by atoms with Gasteiger partial charge in [-0.2, -0.15) is 0 Å². The van der Waals surface area contributed by atoms with Crippen molar-refractivity contribution in [3.8, 4) is 5.75 Å². The topological polar surface area (TPSA) is 51.7 Å². The van der Waals surface area contributed by atoms with Gasteiger partial charge in [0, 0.05) is 38.2 Å². The molecule has 1 unspecified atom stereocenters. The largest absolute Gasteiger partial charge is 0.491 e. The van der Waals surface area contributed by atoms with Gasteiger partial charge in [-0.05, 0) is 54.8 Å². The second kappa shape index (κ2) is 7.93. The normalized spacial score (nSPS) is 16.8. The zero-order valence-corrected chi connectivity index (χ0v) is 13.9. The number of nitrogens with zero attached hydrogens (tertiary/aromatic N) is 2. The van der Waals surface area contributed by atoms with Crippen molar-refractivity contribution >= 4 is 5.91 Å². The van der Waals surface area contributed by atoms with Gasteiger partial charge in [-0.15, -0.1) is 0 Å². The predicted molar refractivity (Wildman–Crippen MR) is 90.9 cm³/mol. The molecule has 2 heterocycles. The van der Waals surface area contributed by atoms with Gasteiger partial charge in [0.05, 0.1) is 6.10 Å². The van der Waals surface area contributed by atoms with Crippen LogP contribution in [0.2, 0.25) is 0 Å².